The maximum atomic E-state index is 4.42. The molecular formula is C10H17N3. The molecule has 1 aromatic heterocycles. The van der Waals surface area contributed by atoms with Crippen molar-refractivity contribution >= 4 is 0 Å². The Kier molecular flexibility index (Phi) is 2.36. The Balaban J connectivity index is 2.20. The van der Waals surface area contributed by atoms with E-state index in [-0.39, 0.29) is 0 Å². The number of aromatic nitrogens is 2. The van der Waals surface area contributed by atoms with E-state index in [2.05, 4.69) is 28.0 Å². The number of hydrogen-bond donors (Lipinski definition) is 1. The van der Waals surface area contributed by atoms with Crippen molar-refractivity contribution in [1.29, 1.82) is 0 Å². The zero-order chi connectivity index (χ0) is 9.26. The predicted octanol–water partition coefficient (Wildman–Crippen LogP) is 1.57. The largest absolute Gasteiger partial charge is 0.334 e. The highest BCUT2D eigenvalue weighted by Gasteiger charge is 2.33. The summed E-state index contributed by atoms with van der Waals surface area (Å²) >= 11 is 0. The van der Waals surface area contributed by atoms with E-state index in [4.69, 9.17) is 0 Å². The molecule has 2 rings (SSSR count). The average molecular weight is 179 g/mol. The van der Waals surface area contributed by atoms with Crippen LogP contribution >= 0.6 is 0 Å². The number of imidazole rings is 1. The van der Waals surface area contributed by atoms with Crippen molar-refractivity contribution in [2.45, 2.75) is 32.4 Å². The van der Waals surface area contributed by atoms with Crippen molar-refractivity contribution in [3.8, 4) is 0 Å². The molecule has 1 aliphatic rings. The van der Waals surface area contributed by atoms with Gasteiger partial charge in [-0.1, -0.05) is 0 Å². The second kappa shape index (κ2) is 3.50. The van der Waals surface area contributed by atoms with Crippen molar-refractivity contribution in [2.24, 2.45) is 5.92 Å². The number of hydrogen-bond acceptors (Lipinski definition) is 2. The minimum atomic E-state index is 0.468. The van der Waals surface area contributed by atoms with E-state index in [9.17, 15) is 0 Å². The number of nitrogens with zero attached hydrogens (tertiary/aromatic N) is 2. The first-order chi connectivity index (χ1) is 6.36. The third kappa shape index (κ3) is 1.61. The highest BCUT2D eigenvalue weighted by Crippen LogP contribution is 2.40. The minimum Gasteiger partial charge on any atom is -0.334 e. The van der Waals surface area contributed by atoms with Gasteiger partial charge in [0, 0.05) is 18.9 Å². The molecule has 0 spiro atoms. The van der Waals surface area contributed by atoms with Gasteiger partial charge in [0.05, 0.1) is 6.04 Å². The molecule has 0 aliphatic heterocycles. The first-order valence-corrected chi connectivity index (χ1v) is 5.05. The Hall–Kier alpha value is -0.830. The van der Waals surface area contributed by atoms with E-state index in [1.165, 1.54) is 18.7 Å². The van der Waals surface area contributed by atoms with Crippen LogP contribution in [0.2, 0.25) is 0 Å². The molecule has 1 atom stereocenters. The third-order valence-corrected chi connectivity index (χ3v) is 2.77. The summed E-state index contributed by atoms with van der Waals surface area (Å²) in [5.41, 5.74) is 0. The van der Waals surface area contributed by atoms with Gasteiger partial charge in [-0.05, 0) is 32.7 Å². The summed E-state index contributed by atoms with van der Waals surface area (Å²) in [4.78, 5) is 4.42. The van der Waals surface area contributed by atoms with Gasteiger partial charge in [0.2, 0.25) is 0 Å². The van der Waals surface area contributed by atoms with Crippen LogP contribution in [0.4, 0.5) is 0 Å². The quantitative estimate of drug-likeness (QED) is 0.760. The summed E-state index contributed by atoms with van der Waals surface area (Å²) in [7, 11) is 2.03. The second-order valence-corrected chi connectivity index (χ2v) is 3.68. The highest BCUT2D eigenvalue weighted by molar-refractivity contribution is 5.04. The molecule has 13 heavy (non-hydrogen) atoms. The molecule has 0 aromatic carbocycles. The van der Waals surface area contributed by atoms with Crippen LogP contribution < -0.4 is 5.32 Å². The fourth-order valence-corrected chi connectivity index (χ4v) is 1.87. The zero-order valence-electron chi connectivity index (χ0n) is 8.33. The average Bonchev–Trinajstić information content (AvgIpc) is 2.86. The summed E-state index contributed by atoms with van der Waals surface area (Å²) in [5, 5.41) is 3.36. The standard InChI is InChI=1S/C10H17N3/c1-3-13-7-6-12-10(13)9(11-2)8-4-5-8/h6-9,11H,3-5H2,1-2H3. The van der Waals surface area contributed by atoms with Crippen LogP contribution in [0, 0.1) is 5.92 Å². The van der Waals surface area contributed by atoms with Gasteiger partial charge in [-0.2, -0.15) is 0 Å². The lowest BCUT2D eigenvalue weighted by Gasteiger charge is -2.15. The summed E-state index contributed by atoms with van der Waals surface area (Å²) in [6.45, 7) is 3.17. The van der Waals surface area contributed by atoms with Crippen molar-refractivity contribution in [2.75, 3.05) is 7.05 Å². The molecule has 1 N–H and O–H groups in total. The number of nitrogens with one attached hydrogen (secondary N) is 1. The SMILES string of the molecule is CCn1ccnc1C(NC)C1CC1. The number of rotatable bonds is 4. The van der Waals surface area contributed by atoms with Crippen LogP contribution in [0.5, 0.6) is 0 Å². The molecule has 0 amide bonds. The molecule has 72 valence electrons. The third-order valence-electron chi connectivity index (χ3n) is 2.77. The van der Waals surface area contributed by atoms with Gasteiger partial charge in [0.25, 0.3) is 0 Å². The normalized spacial score (nSPS) is 18.9. The molecule has 1 saturated carbocycles. The van der Waals surface area contributed by atoms with E-state index in [1.54, 1.807) is 0 Å². The monoisotopic (exact) mass is 179 g/mol. The van der Waals surface area contributed by atoms with E-state index >= 15 is 0 Å². The molecule has 1 unspecified atom stereocenters. The number of aryl methyl sites for hydroxylation is 1. The van der Waals surface area contributed by atoms with Crippen molar-refractivity contribution < 1.29 is 0 Å². The van der Waals surface area contributed by atoms with Crippen LogP contribution in [-0.2, 0) is 6.54 Å². The first kappa shape index (κ1) is 8.75. The molecule has 1 heterocycles. The Morgan fingerprint density at radius 1 is 1.69 bits per heavy atom. The van der Waals surface area contributed by atoms with Crippen LogP contribution in [0.15, 0.2) is 12.4 Å². The predicted molar refractivity (Wildman–Crippen MR) is 52.4 cm³/mol. The van der Waals surface area contributed by atoms with Gasteiger partial charge in [-0.3, -0.25) is 0 Å². The van der Waals surface area contributed by atoms with Crippen LogP contribution in [0.25, 0.3) is 0 Å². The Bertz CT molecular complexity index is 275. The van der Waals surface area contributed by atoms with Crippen LogP contribution in [0.1, 0.15) is 31.6 Å². The van der Waals surface area contributed by atoms with Crippen LogP contribution in [0.3, 0.4) is 0 Å². The molecular weight excluding hydrogens is 162 g/mol. The Morgan fingerprint density at radius 2 is 2.46 bits per heavy atom. The molecule has 0 radical (unpaired) electrons. The van der Waals surface area contributed by atoms with Gasteiger partial charge in [-0.25, -0.2) is 4.98 Å². The fraction of sp³-hybridized carbons (Fsp3) is 0.700. The van der Waals surface area contributed by atoms with Gasteiger partial charge >= 0.3 is 0 Å². The van der Waals surface area contributed by atoms with Crippen molar-refractivity contribution in [1.82, 2.24) is 14.9 Å². The first-order valence-electron chi connectivity index (χ1n) is 5.05. The van der Waals surface area contributed by atoms with Gasteiger partial charge in [0.1, 0.15) is 5.82 Å². The zero-order valence-corrected chi connectivity index (χ0v) is 8.33. The van der Waals surface area contributed by atoms with Crippen molar-refractivity contribution in [3.05, 3.63) is 18.2 Å². The lowest BCUT2D eigenvalue weighted by atomic mass is 10.2. The smallest absolute Gasteiger partial charge is 0.126 e. The van der Waals surface area contributed by atoms with E-state index < -0.39 is 0 Å². The van der Waals surface area contributed by atoms with Gasteiger partial charge < -0.3 is 9.88 Å². The fourth-order valence-electron chi connectivity index (χ4n) is 1.87. The molecule has 3 heteroatoms. The molecule has 0 bridgehead atoms. The van der Waals surface area contributed by atoms with Gasteiger partial charge in [-0.15, -0.1) is 0 Å². The van der Waals surface area contributed by atoms with Gasteiger partial charge in [0.15, 0.2) is 0 Å². The second-order valence-electron chi connectivity index (χ2n) is 3.68. The lowest BCUT2D eigenvalue weighted by Crippen LogP contribution is -2.22. The maximum Gasteiger partial charge on any atom is 0.126 e. The summed E-state index contributed by atoms with van der Waals surface area (Å²) in [5.74, 6) is 2.02. The minimum absolute atomic E-state index is 0.468. The summed E-state index contributed by atoms with van der Waals surface area (Å²) in [6.07, 6.45) is 6.65. The molecule has 0 saturated heterocycles. The van der Waals surface area contributed by atoms with E-state index in [0.29, 0.717) is 6.04 Å². The van der Waals surface area contributed by atoms with Crippen LogP contribution in [-0.4, -0.2) is 16.6 Å². The lowest BCUT2D eigenvalue weighted by molar-refractivity contribution is 0.476. The summed E-state index contributed by atoms with van der Waals surface area (Å²) < 4.78 is 2.22. The molecule has 1 fully saturated rings. The molecule has 1 aromatic rings. The molecule has 1 aliphatic carbocycles. The topological polar surface area (TPSA) is 29.9 Å². The Labute approximate surface area is 79.2 Å². The van der Waals surface area contributed by atoms with E-state index in [0.717, 1.165) is 12.5 Å². The van der Waals surface area contributed by atoms with E-state index in [1.807, 2.05) is 13.2 Å². The van der Waals surface area contributed by atoms with Crippen molar-refractivity contribution in [3.63, 3.8) is 0 Å². The Morgan fingerprint density at radius 3 is 3.00 bits per heavy atom. The maximum absolute atomic E-state index is 4.42. The molecule has 3 nitrogen and oxygen atoms in total. The summed E-state index contributed by atoms with van der Waals surface area (Å²) in [6, 6.07) is 0.468. The highest BCUT2D eigenvalue weighted by atomic mass is 15.1.